The minimum atomic E-state index is -0.428. The normalized spacial score (nSPS) is 15.0. The molecule has 4 aromatic rings. The summed E-state index contributed by atoms with van der Waals surface area (Å²) in [5.41, 5.74) is 4.98. The number of nitrogens with one attached hydrogen (secondary N) is 1. The Hall–Kier alpha value is -4.21. The van der Waals surface area contributed by atoms with Crippen molar-refractivity contribution < 1.29 is 18.7 Å². The number of nitrogens with zero attached hydrogens (tertiary/aromatic N) is 4. The average Bonchev–Trinajstić information content (AvgIpc) is 3.39. The lowest BCUT2D eigenvalue weighted by molar-refractivity contribution is -0.120. The van der Waals surface area contributed by atoms with Gasteiger partial charge in [0, 0.05) is 50.8 Å². The molecule has 0 spiro atoms. The summed E-state index contributed by atoms with van der Waals surface area (Å²) in [6.45, 7) is 6.93. The van der Waals surface area contributed by atoms with Crippen molar-refractivity contribution in [2.75, 3.05) is 18.0 Å². The van der Waals surface area contributed by atoms with E-state index in [0.29, 0.717) is 28.7 Å². The minimum Gasteiger partial charge on any atom is -0.489 e. The zero-order valence-electron chi connectivity index (χ0n) is 24.6. The maximum absolute atomic E-state index is 14.1. The minimum absolute atomic E-state index is 0.0722. The van der Waals surface area contributed by atoms with E-state index in [0.717, 1.165) is 37.4 Å². The molecule has 3 aromatic carbocycles. The molecule has 2 aliphatic rings. The van der Waals surface area contributed by atoms with Crippen LogP contribution in [0, 0.1) is 5.82 Å². The summed E-state index contributed by atoms with van der Waals surface area (Å²) < 4.78 is 21.9. The van der Waals surface area contributed by atoms with Crippen molar-refractivity contribution in [3.05, 3.63) is 100.0 Å². The zero-order chi connectivity index (χ0) is 30.5. The van der Waals surface area contributed by atoms with Crippen molar-refractivity contribution in [1.82, 2.24) is 19.8 Å². The molecule has 43 heavy (non-hydrogen) atoms. The van der Waals surface area contributed by atoms with E-state index < -0.39 is 6.03 Å². The van der Waals surface area contributed by atoms with Gasteiger partial charge < -0.3 is 9.30 Å². The quantitative estimate of drug-likeness (QED) is 0.261. The lowest BCUT2D eigenvalue weighted by atomic mass is 9.99. The number of halogens is 2. The third-order valence-electron chi connectivity index (χ3n) is 7.63. The molecule has 0 atom stereocenters. The first kappa shape index (κ1) is 30.3. The highest BCUT2D eigenvalue weighted by Crippen LogP contribution is 2.28. The van der Waals surface area contributed by atoms with E-state index in [1.165, 1.54) is 27.7 Å². The van der Waals surface area contributed by atoms with Crippen LogP contribution in [-0.2, 0) is 38.0 Å². The topological polar surface area (TPSA) is 79.7 Å². The van der Waals surface area contributed by atoms with Crippen LogP contribution in [0.5, 0.6) is 5.75 Å². The number of imidazole rings is 1. The number of anilines is 1. The second-order valence-electron chi connectivity index (χ2n) is 10.3. The monoisotopic (exact) mass is 603 g/mol. The molecule has 0 radical (unpaired) electrons. The van der Waals surface area contributed by atoms with Gasteiger partial charge in [-0.15, -0.1) is 0 Å². The summed E-state index contributed by atoms with van der Waals surface area (Å²) >= 11 is 6.14. The molecule has 8 nitrogen and oxygen atoms in total. The SMILES string of the molecule is CC.Cn1c(N2CCC(=O)NC2=O)cnc1-c1ccc(CN2CCc3ccc(OCc4c(F)cccc4Cl)cc3C2)cc1. The van der Waals surface area contributed by atoms with Gasteiger partial charge in [0.05, 0.1) is 11.2 Å². The van der Waals surface area contributed by atoms with Crippen LogP contribution in [0.25, 0.3) is 11.4 Å². The number of imide groups is 1. The number of carbonyl (C=O) groups excluding carboxylic acids is 2. The molecule has 1 N–H and O–H groups in total. The molecule has 3 heterocycles. The molecule has 1 aromatic heterocycles. The number of rotatable bonds is 7. The van der Waals surface area contributed by atoms with E-state index in [4.69, 9.17) is 16.3 Å². The van der Waals surface area contributed by atoms with Gasteiger partial charge in [-0.3, -0.25) is 19.9 Å². The van der Waals surface area contributed by atoms with Crippen molar-refractivity contribution in [1.29, 1.82) is 0 Å². The van der Waals surface area contributed by atoms with Crippen LogP contribution in [0.1, 0.15) is 42.5 Å². The molecule has 0 saturated carbocycles. The Morgan fingerprint density at radius 3 is 2.53 bits per heavy atom. The number of ether oxygens (including phenoxy) is 1. The van der Waals surface area contributed by atoms with E-state index >= 15 is 0 Å². The van der Waals surface area contributed by atoms with Crippen LogP contribution in [0.2, 0.25) is 5.02 Å². The van der Waals surface area contributed by atoms with Gasteiger partial charge in [-0.05, 0) is 47.4 Å². The summed E-state index contributed by atoms with van der Waals surface area (Å²) in [7, 11) is 1.86. The zero-order valence-corrected chi connectivity index (χ0v) is 25.3. The maximum atomic E-state index is 14.1. The Morgan fingerprint density at radius 1 is 1.00 bits per heavy atom. The lowest BCUT2D eigenvalue weighted by Crippen LogP contribution is -2.50. The van der Waals surface area contributed by atoms with Gasteiger partial charge in [0.15, 0.2) is 0 Å². The first-order chi connectivity index (χ1) is 20.9. The van der Waals surface area contributed by atoms with Crippen LogP contribution < -0.4 is 15.0 Å². The number of hydrogen-bond acceptors (Lipinski definition) is 5. The molecule has 0 unspecified atom stereocenters. The molecule has 0 aliphatic carbocycles. The summed E-state index contributed by atoms with van der Waals surface area (Å²) in [5, 5.41) is 2.71. The van der Waals surface area contributed by atoms with E-state index in [9.17, 15) is 14.0 Å². The Balaban J connectivity index is 0.00000180. The standard InChI is InChI=1S/C31H29ClFN5O3.C2H6/c1-36-29(38-14-12-28(39)35-31(38)40)16-34-30(36)22-7-5-20(6-8-22)17-37-13-11-21-9-10-24(15-23(21)18-37)41-19-25-26(32)3-2-4-27(25)33;1-2/h2-10,15-16H,11-14,17-19H2,1H3,(H,35,39,40);1-2H3. The van der Waals surface area contributed by atoms with Crippen molar-refractivity contribution >= 4 is 29.4 Å². The fraction of sp³-hybridized carbons (Fsp3) is 0.303. The Bertz CT molecular complexity index is 1600. The number of amides is 3. The summed E-state index contributed by atoms with van der Waals surface area (Å²) in [6, 6.07) is 18.5. The van der Waals surface area contributed by atoms with Gasteiger partial charge in [0.25, 0.3) is 0 Å². The van der Waals surface area contributed by atoms with Crippen LogP contribution >= 0.6 is 11.6 Å². The fourth-order valence-electron chi connectivity index (χ4n) is 5.36. The Kier molecular flexibility index (Phi) is 9.43. The molecule has 6 rings (SSSR count). The first-order valence-electron chi connectivity index (χ1n) is 14.5. The molecule has 10 heteroatoms. The largest absolute Gasteiger partial charge is 0.489 e. The smallest absolute Gasteiger partial charge is 0.329 e. The molecule has 0 bridgehead atoms. The Labute approximate surface area is 256 Å². The average molecular weight is 604 g/mol. The summed E-state index contributed by atoms with van der Waals surface area (Å²) in [5.74, 6) is 1.44. The van der Waals surface area contributed by atoms with Crippen molar-refractivity contribution in [2.45, 2.75) is 46.4 Å². The molecular weight excluding hydrogens is 569 g/mol. The second-order valence-corrected chi connectivity index (χ2v) is 10.7. The van der Waals surface area contributed by atoms with Crippen molar-refractivity contribution in [3.63, 3.8) is 0 Å². The highest BCUT2D eigenvalue weighted by atomic mass is 35.5. The predicted molar refractivity (Wildman–Crippen MR) is 165 cm³/mol. The van der Waals surface area contributed by atoms with Gasteiger partial charge in [-0.1, -0.05) is 61.8 Å². The first-order valence-corrected chi connectivity index (χ1v) is 14.9. The van der Waals surface area contributed by atoms with Crippen LogP contribution in [0.4, 0.5) is 15.0 Å². The van der Waals surface area contributed by atoms with Gasteiger partial charge in [-0.25, -0.2) is 14.2 Å². The van der Waals surface area contributed by atoms with Crippen LogP contribution in [0.3, 0.4) is 0 Å². The molecule has 3 amide bonds. The number of benzene rings is 3. The third kappa shape index (κ3) is 6.73. The molecule has 2 aliphatic heterocycles. The van der Waals surface area contributed by atoms with Gasteiger partial charge in [-0.2, -0.15) is 0 Å². The number of carbonyl (C=O) groups is 2. The molecular formula is C33H35ClFN5O3. The van der Waals surface area contributed by atoms with Crippen molar-refractivity contribution in [3.8, 4) is 17.1 Å². The highest BCUT2D eigenvalue weighted by molar-refractivity contribution is 6.31. The number of hydrogen-bond donors (Lipinski definition) is 1. The number of fused-ring (bicyclic) bond motifs is 1. The summed E-state index contributed by atoms with van der Waals surface area (Å²) in [6.07, 6.45) is 2.87. The molecule has 1 fully saturated rings. The molecule has 1 saturated heterocycles. The predicted octanol–water partition coefficient (Wildman–Crippen LogP) is 6.49. The van der Waals surface area contributed by atoms with Gasteiger partial charge in [0.1, 0.15) is 29.8 Å². The molecule has 224 valence electrons. The van der Waals surface area contributed by atoms with Gasteiger partial charge >= 0.3 is 6.03 Å². The lowest BCUT2D eigenvalue weighted by Gasteiger charge is -2.29. The Morgan fingerprint density at radius 2 is 1.79 bits per heavy atom. The van der Waals surface area contributed by atoms with Crippen LogP contribution in [0.15, 0.2) is 66.9 Å². The number of urea groups is 1. The van der Waals surface area contributed by atoms with Gasteiger partial charge in [0.2, 0.25) is 5.91 Å². The van der Waals surface area contributed by atoms with E-state index in [1.807, 2.05) is 49.7 Å². The van der Waals surface area contributed by atoms with E-state index in [1.54, 1.807) is 18.3 Å². The second kappa shape index (κ2) is 13.4. The maximum Gasteiger partial charge on any atom is 0.329 e. The highest BCUT2D eigenvalue weighted by Gasteiger charge is 2.27. The third-order valence-corrected chi connectivity index (χ3v) is 7.98. The van der Waals surface area contributed by atoms with E-state index in [-0.39, 0.29) is 24.8 Å². The van der Waals surface area contributed by atoms with Crippen LogP contribution in [-0.4, -0.2) is 39.5 Å². The van der Waals surface area contributed by atoms with Crippen molar-refractivity contribution in [2.24, 2.45) is 7.05 Å². The fourth-order valence-corrected chi connectivity index (χ4v) is 5.58. The van der Waals surface area contributed by atoms with E-state index in [2.05, 4.69) is 33.4 Å². The summed E-state index contributed by atoms with van der Waals surface area (Å²) in [4.78, 5) is 32.2. The number of aromatic nitrogens is 2.